The second-order valence-electron chi connectivity index (χ2n) is 5.29. The van der Waals surface area contributed by atoms with Gasteiger partial charge in [-0.1, -0.05) is 12.1 Å². The second-order valence-corrected chi connectivity index (χ2v) is 5.29. The van der Waals surface area contributed by atoms with Gasteiger partial charge in [-0.25, -0.2) is 0 Å². The predicted molar refractivity (Wildman–Crippen MR) is 84.5 cm³/mol. The van der Waals surface area contributed by atoms with Gasteiger partial charge in [-0.05, 0) is 50.0 Å². The SMILES string of the molecule is CN(C)CCNC(=O)c1ccc(C2=CC(=O)C=CC2=O)cc1. The highest BCUT2D eigenvalue weighted by atomic mass is 16.2. The summed E-state index contributed by atoms with van der Waals surface area (Å²) in [7, 11) is 3.87. The number of benzene rings is 1. The third kappa shape index (κ3) is 3.99. The zero-order valence-electron chi connectivity index (χ0n) is 12.6. The summed E-state index contributed by atoms with van der Waals surface area (Å²) in [5.74, 6) is -0.573. The fourth-order valence-electron chi connectivity index (χ4n) is 2.03. The van der Waals surface area contributed by atoms with E-state index in [-0.39, 0.29) is 17.5 Å². The van der Waals surface area contributed by atoms with E-state index >= 15 is 0 Å². The van der Waals surface area contributed by atoms with E-state index in [1.165, 1.54) is 18.2 Å². The summed E-state index contributed by atoms with van der Waals surface area (Å²) in [6.07, 6.45) is 3.83. The van der Waals surface area contributed by atoms with Crippen molar-refractivity contribution in [3.8, 4) is 0 Å². The van der Waals surface area contributed by atoms with Gasteiger partial charge in [0.2, 0.25) is 0 Å². The van der Waals surface area contributed by atoms with Gasteiger partial charge in [-0.3, -0.25) is 14.4 Å². The second kappa shape index (κ2) is 6.95. The van der Waals surface area contributed by atoms with E-state index in [1.54, 1.807) is 24.3 Å². The van der Waals surface area contributed by atoms with Crippen molar-refractivity contribution in [2.75, 3.05) is 27.2 Å². The number of nitrogens with one attached hydrogen (secondary N) is 1. The van der Waals surface area contributed by atoms with Crippen LogP contribution in [-0.4, -0.2) is 49.6 Å². The van der Waals surface area contributed by atoms with Gasteiger partial charge in [0.1, 0.15) is 0 Å². The molecule has 0 heterocycles. The molecular formula is C17H18N2O3. The first-order valence-corrected chi connectivity index (χ1v) is 6.99. The van der Waals surface area contributed by atoms with Crippen LogP contribution in [0.25, 0.3) is 5.57 Å². The van der Waals surface area contributed by atoms with E-state index in [0.717, 1.165) is 6.54 Å². The van der Waals surface area contributed by atoms with Crippen molar-refractivity contribution < 1.29 is 14.4 Å². The summed E-state index contributed by atoms with van der Waals surface area (Å²) in [5, 5.41) is 2.82. The summed E-state index contributed by atoms with van der Waals surface area (Å²) in [5.41, 5.74) is 1.51. The molecule has 0 spiro atoms. The van der Waals surface area contributed by atoms with Gasteiger partial charge < -0.3 is 10.2 Å². The molecule has 1 amide bonds. The quantitative estimate of drug-likeness (QED) is 0.826. The van der Waals surface area contributed by atoms with Gasteiger partial charge in [-0.2, -0.15) is 0 Å². The highest BCUT2D eigenvalue weighted by Gasteiger charge is 2.15. The van der Waals surface area contributed by atoms with Crippen LogP contribution in [0, 0.1) is 0 Å². The third-order valence-corrected chi connectivity index (χ3v) is 3.25. The van der Waals surface area contributed by atoms with Gasteiger partial charge in [0.05, 0.1) is 0 Å². The minimum absolute atomic E-state index is 0.159. The van der Waals surface area contributed by atoms with Crippen LogP contribution in [0.1, 0.15) is 15.9 Å². The predicted octanol–water partition coefficient (Wildman–Crippen LogP) is 1.07. The number of hydrogen-bond acceptors (Lipinski definition) is 4. The smallest absolute Gasteiger partial charge is 0.251 e. The third-order valence-electron chi connectivity index (χ3n) is 3.25. The van der Waals surface area contributed by atoms with Crippen LogP contribution in [0.15, 0.2) is 42.5 Å². The molecule has 114 valence electrons. The molecule has 5 heteroatoms. The number of rotatable bonds is 5. The lowest BCUT2D eigenvalue weighted by Gasteiger charge is -2.11. The monoisotopic (exact) mass is 298 g/mol. The number of allylic oxidation sites excluding steroid dienone is 4. The Hall–Kier alpha value is -2.53. The first-order valence-electron chi connectivity index (χ1n) is 6.99. The van der Waals surface area contributed by atoms with Crippen molar-refractivity contribution in [1.29, 1.82) is 0 Å². The van der Waals surface area contributed by atoms with Crippen molar-refractivity contribution in [2.24, 2.45) is 0 Å². The van der Waals surface area contributed by atoms with Gasteiger partial charge >= 0.3 is 0 Å². The Labute approximate surface area is 129 Å². The molecular weight excluding hydrogens is 280 g/mol. The van der Waals surface area contributed by atoms with Crippen molar-refractivity contribution in [1.82, 2.24) is 10.2 Å². The fourth-order valence-corrected chi connectivity index (χ4v) is 2.03. The number of likely N-dealkylation sites (N-methyl/N-ethyl adjacent to an activating group) is 1. The normalized spacial score (nSPS) is 14.2. The number of amides is 1. The summed E-state index contributed by atoms with van der Waals surface area (Å²) in [6.45, 7) is 1.33. The Bertz CT molecular complexity index is 655. The number of hydrogen-bond donors (Lipinski definition) is 1. The maximum Gasteiger partial charge on any atom is 0.251 e. The Morgan fingerprint density at radius 2 is 1.77 bits per heavy atom. The van der Waals surface area contributed by atoms with E-state index in [4.69, 9.17) is 0 Å². The largest absolute Gasteiger partial charge is 0.351 e. The van der Waals surface area contributed by atoms with Crippen LogP contribution >= 0.6 is 0 Å². The molecule has 0 radical (unpaired) electrons. The number of carbonyl (C=O) groups is 3. The molecule has 0 atom stereocenters. The summed E-state index contributed by atoms with van der Waals surface area (Å²) >= 11 is 0. The Morgan fingerprint density at radius 3 is 2.41 bits per heavy atom. The topological polar surface area (TPSA) is 66.5 Å². The Kier molecular flexibility index (Phi) is 5.01. The fraction of sp³-hybridized carbons (Fsp3) is 0.235. The lowest BCUT2D eigenvalue weighted by Crippen LogP contribution is -2.31. The maximum atomic E-state index is 12.0. The molecule has 1 N–H and O–H groups in total. The van der Waals surface area contributed by atoms with Crippen LogP contribution in [0.4, 0.5) is 0 Å². The van der Waals surface area contributed by atoms with Crippen molar-refractivity contribution >= 4 is 23.0 Å². The number of ketones is 2. The molecule has 0 unspecified atom stereocenters. The molecule has 0 bridgehead atoms. The van der Waals surface area contributed by atoms with E-state index in [1.807, 2.05) is 19.0 Å². The summed E-state index contributed by atoms with van der Waals surface area (Å²) in [6, 6.07) is 6.66. The molecule has 0 aliphatic heterocycles. The summed E-state index contributed by atoms with van der Waals surface area (Å²) < 4.78 is 0. The standard InChI is InChI=1S/C17H18N2O3/c1-19(2)10-9-18-17(22)13-5-3-12(4-6-13)15-11-14(20)7-8-16(15)21/h3-8,11H,9-10H2,1-2H3,(H,18,22). The zero-order chi connectivity index (χ0) is 16.1. The molecule has 2 rings (SSSR count). The first kappa shape index (κ1) is 15.9. The van der Waals surface area contributed by atoms with Crippen molar-refractivity contribution in [2.45, 2.75) is 0 Å². The van der Waals surface area contributed by atoms with Crippen LogP contribution in [0.2, 0.25) is 0 Å². The van der Waals surface area contributed by atoms with Crippen molar-refractivity contribution in [3.63, 3.8) is 0 Å². The molecule has 1 aromatic rings. The lowest BCUT2D eigenvalue weighted by atomic mass is 9.95. The Morgan fingerprint density at radius 1 is 1.09 bits per heavy atom. The van der Waals surface area contributed by atoms with E-state index in [0.29, 0.717) is 23.2 Å². The zero-order valence-corrected chi connectivity index (χ0v) is 12.6. The molecule has 1 aliphatic carbocycles. The molecule has 0 fully saturated rings. The highest BCUT2D eigenvalue weighted by molar-refractivity contribution is 6.33. The molecule has 0 aromatic heterocycles. The van der Waals surface area contributed by atoms with Gasteiger partial charge in [0.15, 0.2) is 11.6 Å². The molecule has 5 nitrogen and oxygen atoms in total. The minimum atomic E-state index is -0.208. The Balaban J connectivity index is 2.06. The lowest BCUT2D eigenvalue weighted by molar-refractivity contribution is -0.113. The first-order chi connectivity index (χ1) is 10.5. The molecule has 1 aromatic carbocycles. The summed E-state index contributed by atoms with van der Waals surface area (Å²) in [4.78, 5) is 37.1. The van der Waals surface area contributed by atoms with Crippen LogP contribution in [0.3, 0.4) is 0 Å². The van der Waals surface area contributed by atoms with Gasteiger partial charge in [0.25, 0.3) is 5.91 Å². The van der Waals surface area contributed by atoms with Gasteiger partial charge in [0, 0.05) is 24.2 Å². The number of carbonyl (C=O) groups excluding carboxylic acids is 3. The molecule has 0 saturated carbocycles. The van der Waals surface area contributed by atoms with E-state index in [2.05, 4.69) is 5.32 Å². The van der Waals surface area contributed by atoms with E-state index in [9.17, 15) is 14.4 Å². The van der Waals surface area contributed by atoms with Crippen LogP contribution in [-0.2, 0) is 9.59 Å². The molecule has 0 saturated heterocycles. The van der Waals surface area contributed by atoms with E-state index < -0.39 is 0 Å². The average molecular weight is 298 g/mol. The average Bonchev–Trinajstić information content (AvgIpc) is 2.49. The minimum Gasteiger partial charge on any atom is -0.351 e. The molecule has 22 heavy (non-hydrogen) atoms. The molecule has 1 aliphatic rings. The van der Waals surface area contributed by atoms with Crippen LogP contribution < -0.4 is 5.32 Å². The van der Waals surface area contributed by atoms with Crippen molar-refractivity contribution in [3.05, 3.63) is 53.6 Å². The maximum absolute atomic E-state index is 12.0. The van der Waals surface area contributed by atoms with Crippen LogP contribution in [0.5, 0.6) is 0 Å². The highest BCUT2D eigenvalue weighted by Crippen LogP contribution is 2.19. The number of nitrogens with zero attached hydrogens (tertiary/aromatic N) is 1. The van der Waals surface area contributed by atoms with Gasteiger partial charge in [-0.15, -0.1) is 0 Å².